The first-order valence-corrected chi connectivity index (χ1v) is 23.6. The largest absolute Gasteiger partial charge is 0.383 e. The molecule has 324 valence electrons. The van der Waals surface area contributed by atoms with E-state index in [9.17, 15) is 0 Å². The van der Waals surface area contributed by atoms with Gasteiger partial charge in [0.05, 0.1) is 23.3 Å². The minimum atomic E-state index is -0.542. The Balaban J connectivity index is 0.882. The van der Waals surface area contributed by atoms with Crippen LogP contribution in [0.4, 0.5) is 17.1 Å². The summed E-state index contributed by atoms with van der Waals surface area (Å²) >= 11 is 0. The van der Waals surface area contributed by atoms with Crippen molar-refractivity contribution >= 4 is 28.5 Å². The quantitative estimate of drug-likeness (QED) is 0.0907. The van der Waals surface area contributed by atoms with Gasteiger partial charge in [0.25, 0.3) is 0 Å². The highest BCUT2D eigenvalue weighted by Gasteiger charge is 2.53. The molecule has 1 fully saturated rings. The van der Waals surface area contributed by atoms with E-state index in [-0.39, 0.29) is 6.17 Å². The molecule has 0 radical (unpaired) electrons. The Morgan fingerprint density at radius 1 is 0.515 bits per heavy atom. The van der Waals surface area contributed by atoms with Gasteiger partial charge in [-0.05, 0) is 109 Å². The molecule has 1 unspecified atom stereocenters. The third kappa shape index (κ3) is 6.62. The number of nitrogens with one attached hydrogen (secondary N) is 2. The van der Waals surface area contributed by atoms with Crippen molar-refractivity contribution in [2.45, 2.75) is 18.1 Å². The molecule has 5 nitrogen and oxygen atoms in total. The number of hydrogen-bond acceptors (Lipinski definition) is 4. The van der Waals surface area contributed by atoms with Crippen LogP contribution in [0.2, 0.25) is 0 Å². The molecule has 0 bridgehead atoms. The van der Waals surface area contributed by atoms with Crippen LogP contribution >= 0.6 is 0 Å². The zero-order chi connectivity index (χ0) is 45.0. The second-order valence-corrected chi connectivity index (χ2v) is 18.0. The summed E-state index contributed by atoms with van der Waals surface area (Å²) in [6.07, 6.45) is 4.64. The maximum absolute atomic E-state index is 5.33. The molecule has 9 aromatic rings. The lowest BCUT2D eigenvalue weighted by atomic mass is 9.65. The molecule has 13 rings (SSSR count). The number of benzene rings is 9. The van der Waals surface area contributed by atoms with Gasteiger partial charge in [0.15, 0.2) is 0 Å². The molecule has 0 aromatic heterocycles. The summed E-state index contributed by atoms with van der Waals surface area (Å²) in [5.41, 5.74) is 24.7. The van der Waals surface area contributed by atoms with Crippen LogP contribution < -0.4 is 15.6 Å². The fourth-order valence-electron chi connectivity index (χ4n) is 10.9. The average Bonchev–Trinajstić information content (AvgIpc) is 4.16. The molecule has 3 heterocycles. The van der Waals surface area contributed by atoms with Gasteiger partial charge in [0, 0.05) is 29.1 Å². The zero-order valence-corrected chi connectivity index (χ0v) is 37.4. The monoisotopic (exact) mass is 873 g/mol. The number of amidine groups is 1. The van der Waals surface area contributed by atoms with Crippen LogP contribution in [0.3, 0.4) is 0 Å². The Hall–Kier alpha value is -8.51. The fourth-order valence-corrected chi connectivity index (χ4v) is 10.9. The summed E-state index contributed by atoms with van der Waals surface area (Å²) in [7, 11) is 0. The Morgan fingerprint density at radius 3 is 1.81 bits per heavy atom. The molecule has 1 saturated heterocycles. The smallest absolute Gasteiger partial charge is 0.147 e. The molecule has 3 aliphatic heterocycles. The molecular formula is C63H47N5. The second-order valence-electron chi connectivity index (χ2n) is 18.0. The van der Waals surface area contributed by atoms with Gasteiger partial charge < -0.3 is 10.2 Å². The number of nitrogens with zero attached hydrogens (tertiary/aromatic N) is 3. The van der Waals surface area contributed by atoms with Gasteiger partial charge >= 0.3 is 0 Å². The van der Waals surface area contributed by atoms with E-state index in [1.165, 1.54) is 72.7 Å². The fraction of sp³-hybridized carbons (Fsp3) is 0.0635. The molecule has 1 aliphatic carbocycles. The topological polar surface area (TPSA) is 52.6 Å². The van der Waals surface area contributed by atoms with E-state index in [1.54, 1.807) is 0 Å². The van der Waals surface area contributed by atoms with Crippen molar-refractivity contribution in [3.05, 3.63) is 287 Å². The molecule has 68 heavy (non-hydrogen) atoms. The van der Waals surface area contributed by atoms with Crippen molar-refractivity contribution in [1.29, 1.82) is 0 Å². The lowest BCUT2D eigenvalue weighted by Gasteiger charge is -2.46. The van der Waals surface area contributed by atoms with E-state index in [0.717, 1.165) is 40.3 Å². The van der Waals surface area contributed by atoms with Gasteiger partial charge in [-0.2, -0.15) is 0 Å². The molecule has 9 aromatic carbocycles. The van der Waals surface area contributed by atoms with E-state index in [1.807, 2.05) is 0 Å². The SMILES string of the molecule is C1=CC2=C(NC1)C1(c3cc(-c4cccc(-c5cccc(/C(=N/Cc6ccc(-c7ccccc7)cc6)N6NC6c6ccccc6)c5)c4)ccc32)c2ccccc2N(c2ccccc2)c2ccccc21. The maximum Gasteiger partial charge on any atom is 0.147 e. The zero-order valence-electron chi connectivity index (χ0n) is 37.4. The van der Waals surface area contributed by atoms with E-state index in [2.05, 4.69) is 263 Å². The third-order valence-corrected chi connectivity index (χ3v) is 14.1. The predicted octanol–water partition coefficient (Wildman–Crippen LogP) is 14.2. The highest BCUT2D eigenvalue weighted by molar-refractivity contribution is 6.01. The highest BCUT2D eigenvalue weighted by atomic mass is 15.8. The van der Waals surface area contributed by atoms with Gasteiger partial charge in [-0.3, -0.25) is 10.0 Å². The highest BCUT2D eigenvalue weighted by Crippen LogP contribution is 2.62. The van der Waals surface area contributed by atoms with Gasteiger partial charge in [-0.15, -0.1) is 0 Å². The van der Waals surface area contributed by atoms with Crippen LogP contribution in [-0.4, -0.2) is 17.4 Å². The number of fused-ring (bicyclic) bond motifs is 8. The second kappa shape index (κ2) is 16.4. The van der Waals surface area contributed by atoms with E-state index < -0.39 is 5.41 Å². The van der Waals surface area contributed by atoms with Crippen molar-refractivity contribution < 1.29 is 0 Å². The number of para-hydroxylation sites is 3. The minimum Gasteiger partial charge on any atom is -0.383 e. The van der Waals surface area contributed by atoms with Crippen LogP contribution in [0, 0.1) is 0 Å². The Morgan fingerprint density at radius 2 is 1.09 bits per heavy atom. The number of dihydropyridines is 1. The van der Waals surface area contributed by atoms with Gasteiger partial charge in [-0.1, -0.05) is 200 Å². The summed E-state index contributed by atoms with van der Waals surface area (Å²) in [5, 5.41) is 6.13. The minimum absolute atomic E-state index is 0.0563. The molecule has 2 N–H and O–H groups in total. The Bertz CT molecular complexity index is 3420. The van der Waals surface area contributed by atoms with Crippen LogP contribution in [0.25, 0.3) is 39.0 Å². The molecule has 1 atom stereocenters. The van der Waals surface area contributed by atoms with Crippen LogP contribution in [0.5, 0.6) is 0 Å². The first-order chi connectivity index (χ1) is 33.7. The standard InChI is InChI=1S/C63H47N5/c1-4-17-44(18-5-1)45-34-32-43(33-35-45)42-65-61(68-62(66-68)46-19-6-2-7-20-46)51-24-15-23-49(40-51)47-21-14-22-48(39-47)50-36-37-53-54-27-16-38-64-60(54)63(57(53)41-50)55-28-10-12-30-58(55)67(52-25-8-3-9-26-52)59-31-13-11-29-56(59)63/h1-37,39-41,62,64,66H,38,42H2/b65-61-. The molecule has 4 aliphatic rings. The van der Waals surface area contributed by atoms with Crippen LogP contribution in [-0.2, 0) is 12.0 Å². The van der Waals surface area contributed by atoms with E-state index >= 15 is 0 Å². The Kier molecular flexibility index (Phi) is 9.62. The lowest BCUT2D eigenvalue weighted by molar-refractivity contribution is 0.659. The van der Waals surface area contributed by atoms with Gasteiger partial charge in [0.2, 0.25) is 0 Å². The Labute approximate surface area is 397 Å². The van der Waals surface area contributed by atoms with E-state index in [4.69, 9.17) is 4.99 Å². The van der Waals surface area contributed by atoms with Crippen molar-refractivity contribution in [3.63, 3.8) is 0 Å². The first kappa shape index (κ1) is 39.8. The number of hydrazine groups is 1. The molecular weight excluding hydrogens is 827 g/mol. The van der Waals surface area contributed by atoms with Crippen LogP contribution in [0.1, 0.15) is 45.1 Å². The van der Waals surface area contributed by atoms with Crippen molar-refractivity contribution in [1.82, 2.24) is 15.8 Å². The van der Waals surface area contributed by atoms with E-state index in [0.29, 0.717) is 6.54 Å². The summed E-state index contributed by atoms with van der Waals surface area (Å²) in [6, 6.07) is 83.7. The third-order valence-electron chi connectivity index (χ3n) is 14.1. The molecule has 0 amide bonds. The van der Waals surface area contributed by atoms with Gasteiger partial charge in [-0.25, -0.2) is 5.43 Å². The maximum atomic E-state index is 5.33. The molecule has 1 spiro atoms. The number of rotatable bonds is 8. The average molecular weight is 874 g/mol. The molecule has 5 heteroatoms. The summed E-state index contributed by atoms with van der Waals surface area (Å²) in [6.45, 7) is 1.34. The van der Waals surface area contributed by atoms with Gasteiger partial charge in [0.1, 0.15) is 12.0 Å². The summed E-state index contributed by atoms with van der Waals surface area (Å²) in [5.74, 6) is 0.922. The normalized spacial score (nSPS) is 16.2. The number of allylic oxidation sites excluding steroid dienone is 3. The predicted molar refractivity (Wildman–Crippen MR) is 279 cm³/mol. The number of hydrogen-bond donors (Lipinski definition) is 2. The number of anilines is 3. The number of aliphatic imine (C=N–C) groups is 1. The van der Waals surface area contributed by atoms with Crippen molar-refractivity contribution in [2.75, 3.05) is 11.4 Å². The lowest BCUT2D eigenvalue weighted by Crippen LogP contribution is -2.41. The summed E-state index contributed by atoms with van der Waals surface area (Å²) in [4.78, 5) is 7.76. The molecule has 0 saturated carbocycles. The summed E-state index contributed by atoms with van der Waals surface area (Å²) < 4.78 is 0. The first-order valence-electron chi connectivity index (χ1n) is 23.6. The van der Waals surface area contributed by atoms with Crippen molar-refractivity contribution in [2.24, 2.45) is 4.99 Å². The van der Waals surface area contributed by atoms with Crippen molar-refractivity contribution in [3.8, 4) is 33.4 Å². The van der Waals surface area contributed by atoms with Crippen LogP contribution in [0.15, 0.2) is 253 Å².